The van der Waals surface area contributed by atoms with Gasteiger partial charge in [-0.1, -0.05) is 73.4 Å². The van der Waals surface area contributed by atoms with Gasteiger partial charge in [0.15, 0.2) is 0 Å². The molecule has 4 rings (SSSR count). The van der Waals surface area contributed by atoms with Crippen LogP contribution in [0.3, 0.4) is 0 Å². The van der Waals surface area contributed by atoms with Gasteiger partial charge in [-0.2, -0.15) is 9.97 Å². The van der Waals surface area contributed by atoms with Crippen LogP contribution in [0.1, 0.15) is 60.1 Å². The molecule has 52 heavy (non-hydrogen) atoms. The SMILES string of the molecule is CCC(NCc1cc(Cl)c(OCc2cccc(-c3cccc(COc4nc(OC)c(CNC(CC)C(=O)O)cc4Cl)c3C)c2C)nc1OC)C(=O)O. The average Bonchev–Trinajstić information content (AvgIpc) is 3.12. The summed E-state index contributed by atoms with van der Waals surface area (Å²) in [7, 11) is 2.97. The van der Waals surface area contributed by atoms with E-state index in [1.54, 1.807) is 26.0 Å². The first-order chi connectivity index (χ1) is 24.9. The van der Waals surface area contributed by atoms with E-state index in [2.05, 4.69) is 20.6 Å². The fraction of sp³-hybridized carbons (Fsp3) is 0.368. The predicted octanol–water partition coefficient (Wildman–Crippen LogP) is 7.15. The summed E-state index contributed by atoms with van der Waals surface area (Å²) in [5.74, 6) is -0.895. The first-order valence-electron chi connectivity index (χ1n) is 16.7. The first kappa shape index (κ1) is 40.2. The Bertz CT molecular complexity index is 1760. The molecule has 0 aliphatic heterocycles. The third-order valence-electron chi connectivity index (χ3n) is 8.75. The third-order valence-corrected chi connectivity index (χ3v) is 9.30. The summed E-state index contributed by atoms with van der Waals surface area (Å²) in [6.07, 6.45) is 0.842. The minimum absolute atomic E-state index is 0.193. The molecule has 2 unspecified atom stereocenters. The maximum atomic E-state index is 11.4. The van der Waals surface area contributed by atoms with E-state index in [1.807, 2.05) is 50.2 Å². The smallest absolute Gasteiger partial charge is 0.320 e. The molecule has 4 N–H and O–H groups in total. The highest BCUT2D eigenvalue weighted by atomic mass is 35.5. The Morgan fingerprint density at radius 3 is 1.38 bits per heavy atom. The molecule has 0 aliphatic carbocycles. The number of carboxylic acids is 2. The monoisotopic (exact) mass is 754 g/mol. The van der Waals surface area contributed by atoms with E-state index in [4.69, 9.17) is 42.1 Å². The van der Waals surface area contributed by atoms with Crippen molar-refractivity contribution in [1.29, 1.82) is 0 Å². The van der Waals surface area contributed by atoms with Gasteiger partial charge in [0.1, 0.15) is 35.3 Å². The molecule has 0 bridgehead atoms. The highest BCUT2D eigenvalue weighted by Gasteiger charge is 2.20. The van der Waals surface area contributed by atoms with E-state index in [-0.39, 0.29) is 59.9 Å². The fourth-order valence-electron chi connectivity index (χ4n) is 5.63. The Kier molecular flexibility index (Phi) is 14.5. The second-order valence-corrected chi connectivity index (χ2v) is 12.8. The van der Waals surface area contributed by atoms with Crippen molar-refractivity contribution in [2.45, 2.75) is 78.9 Å². The third kappa shape index (κ3) is 9.82. The Morgan fingerprint density at radius 2 is 1.06 bits per heavy atom. The second kappa shape index (κ2) is 18.7. The molecular weight excluding hydrogens is 711 g/mol. The molecule has 14 heteroatoms. The maximum absolute atomic E-state index is 11.4. The van der Waals surface area contributed by atoms with Crippen molar-refractivity contribution in [3.8, 4) is 34.6 Å². The number of pyridine rings is 2. The lowest BCUT2D eigenvalue weighted by Gasteiger charge is -2.18. The zero-order valence-electron chi connectivity index (χ0n) is 30.0. The number of rotatable bonds is 19. The van der Waals surface area contributed by atoms with Crippen LogP contribution in [0.4, 0.5) is 0 Å². The minimum atomic E-state index is -0.936. The van der Waals surface area contributed by atoms with Crippen LogP contribution in [-0.4, -0.2) is 58.4 Å². The van der Waals surface area contributed by atoms with Crippen molar-refractivity contribution in [3.05, 3.63) is 92.0 Å². The molecular formula is C38H44Cl2N4O8. The quantitative estimate of drug-likeness (QED) is 0.0767. The molecule has 278 valence electrons. The van der Waals surface area contributed by atoms with Crippen molar-refractivity contribution in [2.24, 2.45) is 0 Å². The number of halogens is 2. The van der Waals surface area contributed by atoms with Crippen molar-refractivity contribution in [2.75, 3.05) is 14.2 Å². The highest BCUT2D eigenvalue weighted by Crippen LogP contribution is 2.34. The van der Waals surface area contributed by atoms with Crippen LogP contribution in [0.2, 0.25) is 10.0 Å². The van der Waals surface area contributed by atoms with Crippen LogP contribution >= 0.6 is 23.2 Å². The van der Waals surface area contributed by atoms with E-state index in [1.165, 1.54) is 14.2 Å². The number of benzene rings is 2. The van der Waals surface area contributed by atoms with Crippen molar-refractivity contribution in [1.82, 2.24) is 20.6 Å². The predicted molar refractivity (Wildman–Crippen MR) is 199 cm³/mol. The number of carbonyl (C=O) groups is 2. The Hall–Kier alpha value is -4.62. The van der Waals surface area contributed by atoms with E-state index in [0.717, 1.165) is 33.4 Å². The Morgan fingerprint density at radius 1 is 0.673 bits per heavy atom. The minimum Gasteiger partial charge on any atom is -0.481 e. The van der Waals surface area contributed by atoms with E-state index in [0.29, 0.717) is 24.0 Å². The number of methoxy groups -OCH3 is 2. The molecule has 2 aromatic carbocycles. The summed E-state index contributed by atoms with van der Waals surface area (Å²) < 4.78 is 23.1. The standard InChI is InChI=1S/C38H44Cl2N4O8/c1-7-31(37(45)46)41-17-25-15-29(39)35(43-33(25)49-5)51-19-23-11-9-13-27(21(23)3)28-14-10-12-24(22(28)4)20-52-36-30(40)16-26(34(44-36)50-6)18-42-32(8-2)38(47)48/h9-16,31-32,41-42H,7-8,17-20H2,1-6H3,(H,45,46)(H,47,48). The molecule has 12 nitrogen and oxygen atoms in total. The first-order valence-corrected chi connectivity index (χ1v) is 17.5. The summed E-state index contributed by atoms with van der Waals surface area (Å²) >= 11 is 13.1. The van der Waals surface area contributed by atoms with Crippen LogP contribution < -0.4 is 29.6 Å². The number of carboxylic acid groups (broad SMARTS) is 2. The summed E-state index contributed by atoms with van der Waals surface area (Å²) in [6, 6.07) is 13.9. The lowest BCUT2D eigenvalue weighted by molar-refractivity contribution is -0.140. The molecule has 0 aliphatic rings. The van der Waals surface area contributed by atoms with Gasteiger partial charge in [-0.05, 0) is 72.2 Å². The van der Waals surface area contributed by atoms with Crippen LogP contribution in [0, 0.1) is 13.8 Å². The zero-order chi connectivity index (χ0) is 37.9. The van der Waals surface area contributed by atoms with Gasteiger partial charge in [0.25, 0.3) is 0 Å². The molecule has 0 spiro atoms. The number of nitrogens with zero attached hydrogens (tertiary/aromatic N) is 2. The molecule has 0 saturated carbocycles. The topological polar surface area (TPSA) is 161 Å². The normalized spacial score (nSPS) is 12.2. The number of hydrogen-bond acceptors (Lipinski definition) is 10. The molecule has 2 atom stereocenters. The van der Waals surface area contributed by atoms with E-state index in [9.17, 15) is 19.8 Å². The highest BCUT2D eigenvalue weighted by molar-refractivity contribution is 6.32. The zero-order valence-corrected chi connectivity index (χ0v) is 31.5. The second-order valence-electron chi connectivity index (χ2n) is 12.0. The van der Waals surface area contributed by atoms with Crippen molar-refractivity contribution < 1.29 is 38.7 Å². The summed E-state index contributed by atoms with van der Waals surface area (Å²) in [4.78, 5) is 31.7. The van der Waals surface area contributed by atoms with Crippen LogP contribution in [0.25, 0.3) is 11.1 Å². The number of nitrogens with one attached hydrogen (secondary N) is 2. The summed E-state index contributed by atoms with van der Waals surface area (Å²) in [5, 5.41) is 25.2. The molecule has 0 radical (unpaired) electrons. The lowest BCUT2D eigenvalue weighted by atomic mass is 9.92. The fourth-order valence-corrected chi connectivity index (χ4v) is 6.09. The summed E-state index contributed by atoms with van der Waals surface area (Å²) in [6.45, 7) is 8.44. The van der Waals surface area contributed by atoms with Crippen LogP contribution in [0.15, 0.2) is 48.5 Å². The van der Waals surface area contributed by atoms with Gasteiger partial charge in [-0.25, -0.2) is 0 Å². The summed E-state index contributed by atoms with van der Waals surface area (Å²) in [5.41, 5.74) is 7.15. The lowest BCUT2D eigenvalue weighted by Crippen LogP contribution is -2.35. The van der Waals surface area contributed by atoms with Gasteiger partial charge < -0.3 is 39.8 Å². The number of aliphatic carboxylic acids is 2. The number of ether oxygens (including phenoxy) is 4. The van der Waals surface area contributed by atoms with Crippen LogP contribution in [0.5, 0.6) is 23.5 Å². The van der Waals surface area contributed by atoms with Crippen LogP contribution in [-0.2, 0) is 35.9 Å². The van der Waals surface area contributed by atoms with Gasteiger partial charge >= 0.3 is 11.9 Å². The molecule has 0 saturated heterocycles. The van der Waals surface area contributed by atoms with Crippen molar-refractivity contribution in [3.63, 3.8) is 0 Å². The van der Waals surface area contributed by atoms with Gasteiger partial charge in [0.2, 0.25) is 23.5 Å². The van der Waals surface area contributed by atoms with Gasteiger partial charge in [-0.3, -0.25) is 9.59 Å². The molecule has 0 amide bonds. The van der Waals surface area contributed by atoms with Gasteiger partial charge in [-0.15, -0.1) is 0 Å². The average molecular weight is 756 g/mol. The number of aromatic nitrogens is 2. The molecule has 2 aromatic heterocycles. The largest absolute Gasteiger partial charge is 0.481 e. The molecule has 0 fully saturated rings. The molecule has 4 aromatic rings. The van der Waals surface area contributed by atoms with Gasteiger partial charge in [0.05, 0.1) is 14.2 Å². The Balaban J connectivity index is 1.49. The van der Waals surface area contributed by atoms with E-state index < -0.39 is 24.0 Å². The Labute approximate surface area is 313 Å². The van der Waals surface area contributed by atoms with E-state index >= 15 is 0 Å². The van der Waals surface area contributed by atoms with Gasteiger partial charge in [0, 0.05) is 24.2 Å². The maximum Gasteiger partial charge on any atom is 0.320 e. The van der Waals surface area contributed by atoms with Crippen molar-refractivity contribution >= 4 is 35.1 Å². The number of hydrogen-bond donors (Lipinski definition) is 4. The molecule has 2 heterocycles.